The Morgan fingerprint density at radius 2 is 2.78 bits per heavy atom. The van der Waals surface area contributed by atoms with Gasteiger partial charge in [-0.05, 0) is 6.42 Å². The molecule has 0 bridgehead atoms. The highest BCUT2D eigenvalue weighted by Gasteiger charge is 1.98. The Hall–Kier alpha value is -0.790. The second-order valence-corrected chi connectivity index (χ2v) is 2.03. The molecular weight excluding hydrogens is 114 g/mol. The van der Waals surface area contributed by atoms with Crippen molar-refractivity contribution in [2.45, 2.75) is 19.8 Å². The van der Waals surface area contributed by atoms with E-state index in [-0.39, 0.29) is 0 Å². The number of hydrogen-bond donors (Lipinski definition) is 0. The van der Waals surface area contributed by atoms with Crippen LogP contribution in [0.1, 0.15) is 19.8 Å². The summed E-state index contributed by atoms with van der Waals surface area (Å²) in [5.74, 6) is 0. The van der Waals surface area contributed by atoms with Crippen LogP contribution < -0.4 is 0 Å². The molecule has 2 heteroatoms. The van der Waals surface area contributed by atoms with Crippen LogP contribution in [0, 0.1) is 0 Å². The second-order valence-electron chi connectivity index (χ2n) is 2.03. The summed E-state index contributed by atoms with van der Waals surface area (Å²) < 4.78 is 4.89. The zero-order valence-corrected chi connectivity index (χ0v) is 5.63. The van der Waals surface area contributed by atoms with Crippen molar-refractivity contribution >= 4 is 6.40 Å². The molecule has 0 aromatic carbocycles. The molecule has 0 radical (unpaired) electrons. The molecule has 0 fully saturated rings. The third-order valence-corrected chi connectivity index (χ3v) is 1.19. The van der Waals surface area contributed by atoms with Crippen molar-refractivity contribution in [1.29, 1.82) is 0 Å². The van der Waals surface area contributed by atoms with Gasteiger partial charge >= 0.3 is 0 Å². The Labute approximate surface area is 55.2 Å². The van der Waals surface area contributed by atoms with Crippen molar-refractivity contribution in [2.24, 2.45) is 4.99 Å². The van der Waals surface area contributed by atoms with E-state index in [1.54, 1.807) is 0 Å². The Bertz CT molecular complexity index is 138. The number of ether oxygens (including phenoxy) is 1. The van der Waals surface area contributed by atoms with Crippen LogP contribution in [0.25, 0.3) is 0 Å². The molecule has 1 heterocycles. The molecule has 0 saturated carbocycles. The highest BCUT2D eigenvalue weighted by Crippen LogP contribution is 2.04. The Balaban J connectivity index is 2.32. The first kappa shape index (κ1) is 6.33. The van der Waals surface area contributed by atoms with Gasteiger partial charge in [-0.25, -0.2) is 4.99 Å². The van der Waals surface area contributed by atoms with Gasteiger partial charge in [-0.15, -0.1) is 0 Å². The van der Waals surface area contributed by atoms with Crippen LogP contribution in [0.4, 0.5) is 0 Å². The maximum Gasteiger partial charge on any atom is 0.174 e. The third-order valence-electron chi connectivity index (χ3n) is 1.19. The Morgan fingerprint density at radius 3 is 3.33 bits per heavy atom. The number of allylic oxidation sites excluding steroid dienone is 1. The van der Waals surface area contributed by atoms with Gasteiger partial charge in [-0.2, -0.15) is 0 Å². The number of rotatable bonds is 2. The zero-order chi connectivity index (χ0) is 6.53. The van der Waals surface area contributed by atoms with Gasteiger partial charge in [0, 0.05) is 0 Å². The van der Waals surface area contributed by atoms with E-state index in [0.717, 1.165) is 12.1 Å². The van der Waals surface area contributed by atoms with E-state index in [1.807, 2.05) is 0 Å². The van der Waals surface area contributed by atoms with Crippen LogP contribution in [0.5, 0.6) is 0 Å². The fourth-order valence-electron chi connectivity index (χ4n) is 0.687. The maximum absolute atomic E-state index is 4.89. The minimum Gasteiger partial charge on any atom is -0.477 e. The standard InChI is InChI=1S/C7H11NO/c1-2-3-4-7-5-9-6-8-7/h4,6H,2-3,5H2,1H3. The van der Waals surface area contributed by atoms with Crippen molar-refractivity contribution in [2.75, 3.05) is 6.61 Å². The van der Waals surface area contributed by atoms with E-state index >= 15 is 0 Å². The largest absolute Gasteiger partial charge is 0.477 e. The van der Waals surface area contributed by atoms with E-state index in [2.05, 4.69) is 18.0 Å². The monoisotopic (exact) mass is 125 g/mol. The van der Waals surface area contributed by atoms with Crippen molar-refractivity contribution in [3.63, 3.8) is 0 Å². The van der Waals surface area contributed by atoms with Crippen LogP contribution in [-0.4, -0.2) is 13.0 Å². The van der Waals surface area contributed by atoms with Gasteiger partial charge in [0.1, 0.15) is 6.61 Å². The zero-order valence-electron chi connectivity index (χ0n) is 5.63. The molecule has 50 valence electrons. The number of aliphatic imine (C=N–C) groups is 1. The van der Waals surface area contributed by atoms with E-state index in [1.165, 1.54) is 12.8 Å². The average Bonchev–Trinajstić information content (AvgIpc) is 2.34. The molecule has 1 aliphatic heterocycles. The lowest BCUT2D eigenvalue weighted by Crippen LogP contribution is -1.82. The summed E-state index contributed by atoms with van der Waals surface area (Å²) in [6, 6.07) is 0. The summed E-state index contributed by atoms with van der Waals surface area (Å²) in [6.07, 6.45) is 5.90. The maximum atomic E-state index is 4.89. The van der Waals surface area contributed by atoms with Gasteiger partial charge in [0.05, 0.1) is 5.70 Å². The first-order valence-corrected chi connectivity index (χ1v) is 3.26. The molecule has 1 aliphatic rings. The third kappa shape index (κ3) is 1.88. The smallest absolute Gasteiger partial charge is 0.174 e. The summed E-state index contributed by atoms with van der Waals surface area (Å²) in [4.78, 5) is 3.99. The van der Waals surface area contributed by atoms with Crippen molar-refractivity contribution in [1.82, 2.24) is 0 Å². The number of unbranched alkanes of at least 4 members (excludes halogenated alkanes) is 1. The topological polar surface area (TPSA) is 21.6 Å². The van der Waals surface area contributed by atoms with Crippen LogP contribution in [-0.2, 0) is 4.74 Å². The molecule has 0 amide bonds. The molecule has 0 saturated heterocycles. The lowest BCUT2D eigenvalue weighted by atomic mass is 10.3. The SMILES string of the molecule is CCCC=C1COC=N1. The molecule has 0 aliphatic carbocycles. The fraction of sp³-hybridized carbons (Fsp3) is 0.571. The first-order valence-electron chi connectivity index (χ1n) is 3.26. The molecular formula is C7H11NO. The fourth-order valence-corrected chi connectivity index (χ4v) is 0.687. The summed E-state index contributed by atoms with van der Waals surface area (Å²) in [5, 5.41) is 0. The van der Waals surface area contributed by atoms with Gasteiger partial charge in [-0.1, -0.05) is 19.4 Å². The summed E-state index contributed by atoms with van der Waals surface area (Å²) in [5.41, 5.74) is 1.07. The first-order chi connectivity index (χ1) is 4.43. The molecule has 0 aromatic heterocycles. The highest BCUT2D eigenvalue weighted by atomic mass is 16.5. The molecule has 0 atom stereocenters. The van der Waals surface area contributed by atoms with E-state index in [4.69, 9.17) is 4.74 Å². The van der Waals surface area contributed by atoms with Crippen molar-refractivity contribution < 1.29 is 4.74 Å². The van der Waals surface area contributed by atoms with Crippen LogP contribution in [0.15, 0.2) is 16.8 Å². The number of hydrogen-bond acceptors (Lipinski definition) is 2. The van der Waals surface area contributed by atoms with E-state index in [9.17, 15) is 0 Å². The van der Waals surface area contributed by atoms with E-state index in [0.29, 0.717) is 6.61 Å². The van der Waals surface area contributed by atoms with Gasteiger partial charge < -0.3 is 4.74 Å². The van der Waals surface area contributed by atoms with Crippen LogP contribution in [0.2, 0.25) is 0 Å². The minimum atomic E-state index is 0.667. The average molecular weight is 125 g/mol. The van der Waals surface area contributed by atoms with Gasteiger partial charge in [0.25, 0.3) is 0 Å². The molecule has 9 heavy (non-hydrogen) atoms. The minimum absolute atomic E-state index is 0.667. The van der Waals surface area contributed by atoms with Gasteiger partial charge in [0.15, 0.2) is 6.40 Å². The Kier molecular flexibility index (Phi) is 2.31. The second kappa shape index (κ2) is 3.28. The number of nitrogens with zero attached hydrogens (tertiary/aromatic N) is 1. The molecule has 0 aromatic rings. The molecule has 0 spiro atoms. The van der Waals surface area contributed by atoms with E-state index < -0.39 is 0 Å². The van der Waals surface area contributed by atoms with Crippen molar-refractivity contribution in [3.05, 3.63) is 11.8 Å². The van der Waals surface area contributed by atoms with Crippen molar-refractivity contribution in [3.8, 4) is 0 Å². The molecule has 0 unspecified atom stereocenters. The molecule has 2 nitrogen and oxygen atoms in total. The normalized spacial score (nSPS) is 20.8. The van der Waals surface area contributed by atoms with Crippen LogP contribution in [0.3, 0.4) is 0 Å². The molecule has 1 rings (SSSR count). The highest BCUT2D eigenvalue weighted by molar-refractivity contribution is 5.52. The lowest BCUT2D eigenvalue weighted by Gasteiger charge is -1.88. The summed E-state index contributed by atoms with van der Waals surface area (Å²) in [6.45, 7) is 2.82. The van der Waals surface area contributed by atoms with Crippen LogP contribution >= 0.6 is 0 Å². The summed E-state index contributed by atoms with van der Waals surface area (Å²) >= 11 is 0. The quantitative estimate of drug-likeness (QED) is 0.550. The Morgan fingerprint density at radius 1 is 1.89 bits per heavy atom. The molecule has 0 N–H and O–H groups in total. The lowest BCUT2D eigenvalue weighted by molar-refractivity contribution is 0.378. The summed E-state index contributed by atoms with van der Waals surface area (Å²) in [7, 11) is 0. The van der Waals surface area contributed by atoms with Gasteiger partial charge in [0.2, 0.25) is 0 Å². The predicted octanol–water partition coefficient (Wildman–Crippen LogP) is 1.73. The predicted molar refractivity (Wildman–Crippen MR) is 37.4 cm³/mol. The van der Waals surface area contributed by atoms with Gasteiger partial charge in [-0.3, -0.25) is 0 Å².